The third-order valence-electron chi connectivity index (χ3n) is 2.05. The first-order valence-electron chi connectivity index (χ1n) is 4.10. The van der Waals surface area contributed by atoms with Gasteiger partial charge in [-0.1, -0.05) is 11.6 Å². The monoisotopic (exact) mass is 226 g/mol. The third kappa shape index (κ3) is 1.67. The quantitative estimate of drug-likeness (QED) is 0.811. The summed E-state index contributed by atoms with van der Waals surface area (Å²) in [7, 11) is 0. The molecule has 1 heterocycles. The Balaban J connectivity index is 2.59. The molecule has 0 spiro atoms. The van der Waals surface area contributed by atoms with Crippen molar-refractivity contribution < 1.29 is 14.3 Å². The van der Waals surface area contributed by atoms with Gasteiger partial charge >= 0.3 is 5.97 Å². The Kier molecular flexibility index (Phi) is 2.34. The van der Waals surface area contributed by atoms with Gasteiger partial charge in [0.25, 0.3) is 0 Å². The van der Waals surface area contributed by atoms with Gasteiger partial charge in [-0.2, -0.15) is 0 Å². The van der Waals surface area contributed by atoms with Crippen molar-refractivity contribution in [2.75, 3.05) is 0 Å². The van der Waals surface area contributed by atoms with Crippen LogP contribution in [-0.4, -0.2) is 16.1 Å². The lowest BCUT2D eigenvalue weighted by molar-refractivity contribution is -0.138. The molecule has 1 aromatic carbocycles. The molecule has 1 atom stereocenters. The molecule has 0 saturated heterocycles. The molecular formula is C9H7ClN2O3. The SMILES string of the molecule is NC(C(=O)O)c1cc2ocnc2cc1Cl. The van der Waals surface area contributed by atoms with Crippen LogP contribution in [0.4, 0.5) is 0 Å². The highest BCUT2D eigenvalue weighted by Crippen LogP contribution is 2.27. The van der Waals surface area contributed by atoms with E-state index < -0.39 is 12.0 Å². The van der Waals surface area contributed by atoms with E-state index in [0.29, 0.717) is 16.7 Å². The number of nitrogens with two attached hydrogens (primary N) is 1. The lowest BCUT2D eigenvalue weighted by atomic mass is 10.1. The first kappa shape index (κ1) is 9.95. The Morgan fingerprint density at radius 2 is 2.33 bits per heavy atom. The first-order chi connectivity index (χ1) is 7.09. The summed E-state index contributed by atoms with van der Waals surface area (Å²) in [6, 6.07) is 1.86. The van der Waals surface area contributed by atoms with E-state index in [4.69, 9.17) is 26.9 Å². The van der Waals surface area contributed by atoms with Gasteiger partial charge in [-0.25, -0.2) is 4.98 Å². The van der Waals surface area contributed by atoms with Crippen molar-refractivity contribution in [3.05, 3.63) is 29.1 Å². The topological polar surface area (TPSA) is 89.4 Å². The molecule has 1 aromatic heterocycles. The number of aromatic nitrogens is 1. The molecule has 2 rings (SSSR count). The van der Waals surface area contributed by atoms with Gasteiger partial charge in [0.15, 0.2) is 12.0 Å². The van der Waals surface area contributed by atoms with Gasteiger partial charge in [-0.15, -0.1) is 0 Å². The van der Waals surface area contributed by atoms with E-state index in [-0.39, 0.29) is 5.02 Å². The molecule has 2 aromatic rings. The standard InChI is InChI=1S/C9H7ClN2O3/c10-5-2-6-7(15-3-12-6)1-4(5)8(11)9(13)14/h1-3,8H,11H2,(H,13,14). The summed E-state index contributed by atoms with van der Waals surface area (Å²) in [6.45, 7) is 0. The zero-order valence-corrected chi connectivity index (χ0v) is 8.23. The van der Waals surface area contributed by atoms with E-state index >= 15 is 0 Å². The van der Waals surface area contributed by atoms with Crippen molar-refractivity contribution in [2.45, 2.75) is 6.04 Å². The van der Waals surface area contributed by atoms with Crippen LogP contribution < -0.4 is 5.73 Å². The summed E-state index contributed by atoms with van der Waals surface area (Å²) >= 11 is 5.87. The summed E-state index contributed by atoms with van der Waals surface area (Å²) in [5.41, 5.74) is 6.80. The van der Waals surface area contributed by atoms with Gasteiger partial charge in [-0.05, 0) is 12.1 Å². The molecular weight excluding hydrogens is 220 g/mol. The number of fused-ring (bicyclic) bond motifs is 1. The van der Waals surface area contributed by atoms with E-state index in [9.17, 15) is 4.79 Å². The zero-order chi connectivity index (χ0) is 11.0. The van der Waals surface area contributed by atoms with E-state index in [1.165, 1.54) is 18.5 Å². The normalized spacial score (nSPS) is 12.9. The fourth-order valence-electron chi connectivity index (χ4n) is 1.27. The molecule has 0 saturated carbocycles. The molecule has 0 fully saturated rings. The number of aliphatic carboxylic acids is 1. The van der Waals surface area contributed by atoms with Crippen LogP contribution >= 0.6 is 11.6 Å². The van der Waals surface area contributed by atoms with E-state index in [2.05, 4.69) is 4.98 Å². The van der Waals surface area contributed by atoms with Gasteiger partial charge in [0, 0.05) is 10.6 Å². The van der Waals surface area contributed by atoms with Gasteiger partial charge in [-0.3, -0.25) is 4.79 Å². The Labute approximate surface area is 89.5 Å². The second-order valence-corrected chi connectivity index (χ2v) is 3.42. The largest absolute Gasteiger partial charge is 0.480 e. The Hall–Kier alpha value is -1.59. The van der Waals surface area contributed by atoms with Gasteiger partial charge in [0.2, 0.25) is 0 Å². The maximum absolute atomic E-state index is 10.7. The molecule has 1 unspecified atom stereocenters. The molecule has 0 aliphatic heterocycles. The number of hydrogen-bond donors (Lipinski definition) is 2. The molecule has 15 heavy (non-hydrogen) atoms. The minimum Gasteiger partial charge on any atom is -0.480 e. The Morgan fingerprint density at radius 3 is 3.00 bits per heavy atom. The lowest BCUT2D eigenvalue weighted by Gasteiger charge is -2.08. The molecule has 0 amide bonds. The predicted octanol–water partition coefficient (Wildman–Crippen LogP) is 1.57. The number of nitrogens with zero attached hydrogens (tertiary/aromatic N) is 1. The van der Waals surface area contributed by atoms with Crippen LogP contribution in [0.25, 0.3) is 11.1 Å². The molecule has 0 aliphatic carbocycles. The molecule has 3 N–H and O–H groups in total. The van der Waals surface area contributed by atoms with Crippen molar-refractivity contribution in [2.24, 2.45) is 5.73 Å². The zero-order valence-electron chi connectivity index (χ0n) is 7.48. The van der Waals surface area contributed by atoms with Crippen molar-refractivity contribution in [3.63, 3.8) is 0 Å². The fourth-order valence-corrected chi connectivity index (χ4v) is 1.54. The van der Waals surface area contributed by atoms with Crippen molar-refractivity contribution >= 4 is 28.7 Å². The van der Waals surface area contributed by atoms with Gasteiger partial charge in [0.1, 0.15) is 11.6 Å². The first-order valence-corrected chi connectivity index (χ1v) is 4.48. The second kappa shape index (κ2) is 3.52. The average molecular weight is 227 g/mol. The minimum atomic E-state index is -1.16. The van der Waals surface area contributed by atoms with Crippen molar-refractivity contribution in [1.29, 1.82) is 0 Å². The van der Waals surface area contributed by atoms with E-state index in [1.54, 1.807) is 0 Å². The smallest absolute Gasteiger partial charge is 0.325 e. The highest BCUT2D eigenvalue weighted by Gasteiger charge is 2.19. The van der Waals surface area contributed by atoms with Gasteiger partial charge < -0.3 is 15.3 Å². The number of carbonyl (C=O) groups is 1. The number of halogens is 1. The number of oxazole rings is 1. The van der Waals surface area contributed by atoms with Crippen LogP contribution in [0.1, 0.15) is 11.6 Å². The summed E-state index contributed by atoms with van der Waals surface area (Å²) in [4.78, 5) is 14.6. The fraction of sp³-hybridized carbons (Fsp3) is 0.111. The predicted molar refractivity (Wildman–Crippen MR) is 53.6 cm³/mol. The second-order valence-electron chi connectivity index (χ2n) is 3.01. The molecule has 0 radical (unpaired) electrons. The van der Waals surface area contributed by atoms with Crippen LogP contribution in [0.2, 0.25) is 5.02 Å². The Bertz CT molecular complexity index is 523. The summed E-state index contributed by atoms with van der Waals surface area (Å²) < 4.78 is 5.03. The summed E-state index contributed by atoms with van der Waals surface area (Å²) in [5, 5.41) is 9.02. The number of carboxylic acid groups (broad SMARTS) is 1. The molecule has 78 valence electrons. The van der Waals surface area contributed by atoms with Gasteiger partial charge in [0.05, 0.1) is 0 Å². The van der Waals surface area contributed by atoms with E-state index in [1.807, 2.05) is 0 Å². The third-order valence-corrected chi connectivity index (χ3v) is 2.38. The maximum atomic E-state index is 10.7. The number of benzene rings is 1. The highest BCUT2D eigenvalue weighted by atomic mass is 35.5. The maximum Gasteiger partial charge on any atom is 0.325 e. The molecule has 0 bridgehead atoms. The molecule has 5 nitrogen and oxygen atoms in total. The van der Waals surface area contributed by atoms with Crippen LogP contribution in [0.15, 0.2) is 22.9 Å². The minimum absolute atomic E-state index is 0.270. The van der Waals surface area contributed by atoms with Crippen LogP contribution in [0.5, 0.6) is 0 Å². The van der Waals surface area contributed by atoms with Crippen molar-refractivity contribution in [3.8, 4) is 0 Å². The van der Waals surface area contributed by atoms with Crippen LogP contribution in [-0.2, 0) is 4.79 Å². The number of hydrogen-bond acceptors (Lipinski definition) is 4. The van der Waals surface area contributed by atoms with Crippen LogP contribution in [0, 0.1) is 0 Å². The van der Waals surface area contributed by atoms with Crippen molar-refractivity contribution in [1.82, 2.24) is 4.98 Å². The molecule has 6 heteroatoms. The molecule has 0 aliphatic rings. The Morgan fingerprint density at radius 1 is 1.60 bits per heavy atom. The summed E-state index contributed by atoms with van der Waals surface area (Å²) in [6.07, 6.45) is 1.26. The summed E-state index contributed by atoms with van der Waals surface area (Å²) in [5.74, 6) is -1.14. The number of rotatable bonds is 2. The van der Waals surface area contributed by atoms with Crippen LogP contribution in [0.3, 0.4) is 0 Å². The average Bonchev–Trinajstić information content (AvgIpc) is 2.62. The lowest BCUT2D eigenvalue weighted by Crippen LogP contribution is -2.20. The number of carboxylic acids is 1. The highest BCUT2D eigenvalue weighted by molar-refractivity contribution is 6.32. The van der Waals surface area contributed by atoms with E-state index in [0.717, 1.165) is 0 Å².